The van der Waals surface area contributed by atoms with E-state index in [1.165, 1.54) is 7.11 Å². The Morgan fingerprint density at radius 2 is 2.00 bits per heavy atom. The Kier molecular flexibility index (Phi) is 3.27. The number of pyridine rings is 1. The first-order valence-corrected chi connectivity index (χ1v) is 6.60. The van der Waals surface area contributed by atoms with Crippen LogP contribution >= 0.6 is 11.6 Å². The minimum absolute atomic E-state index is 0.410. The van der Waals surface area contributed by atoms with E-state index in [-0.39, 0.29) is 0 Å². The van der Waals surface area contributed by atoms with E-state index in [1.54, 1.807) is 34.9 Å². The fourth-order valence-corrected chi connectivity index (χ4v) is 2.25. The third-order valence-corrected chi connectivity index (χ3v) is 3.45. The number of fused-ring (bicyclic) bond motifs is 1. The van der Waals surface area contributed by atoms with E-state index in [0.717, 1.165) is 5.56 Å². The highest BCUT2D eigenvalue weighted by molar-refractivity contribution is 6.30. The number of nitrogen functional groups attached to an aromatic ring is 1. The number of aromatic nitrogens is 2. The van der Waals surface area contributed by atoms with Gasteiger partial charge in [-0.3, -0.25) is 4.40 Å². The first-order valence-electron chi connectivity index (χ1n) is 6.22. The van der Waals surface area contributed by atoms with Crippen molar-refractivity contribution in [3.63, 3.8) is 0 Å². The third-order valence-electron chi connectivity index (χ3n) is 3.20. The van der Waals surface area contributed by atoms with Gasteiger partial charge in [-0.1, -0.05) is 23.7 Å². The predicted octanol–water partition coefficient (Wildman–Crippen LogP) is 3.02. The number of nitrogens with two attached hydrogens (primary N) is 1. The summed E-state index contributed by atoms with van der Waals surface area (Å²) in [5, 5.41) is 0.647. The van der Waals surface area contributed by atoms with Gasteiger partial charge in [0.05, 0.1) is 12.7 Å². The Balaban J connectivity index is 2.14. The molecule has 0 unspecified atom stereocenters. The average molecular weight is 302 g/mol. The molecule has 0 radical (unpaired) electrons. The summed E-state index contributed by atoms with van der Waals surface area (Å²) in [6.07, 6.45) is 1.70. The zero-order valence-corrected chi connectivity index (χ0v) is 12.0. The van der Waals surface area contributed by atoms with Crippen molar-refractivity contribution in [2.75, 3.05) is 12.8 Å². The molecule has 2 heterocycles. The first-order chi connectivity index (χ1) is 10.1. The smallest absolute Gasteiger partial charge is 0.338 e. The summed E-state index contributed by atoms with van der Waals surface area (Å²) in [4.78, 5) is 16.0. The number of ether oxygens (including phenoxy) is 1. The van der Waals surface area contributed by atoms with Crippen LogP contribution in [0.1, 0.15) is 10.4 Å². The monoisotopic (exact) mass is 301 g/mol. The molecule has 3 rings (SSSR count). The van der Waals surface area contributed by atoms with Crippen LogP contribution in [0.3, 0.4) is 0 Å². The lowest BCUT2D eigenvalue weighted by Crippen LogP contribution is -2.02. The van der Waals surface area contributed by atoms with Gasteiger partial charge in [-0.05, 0) is 24.3 Å². The van der Waals surface area contributed by atoms with Crippen LogP contribution in [0.5, 0.6) is 0 Å². The summed E-state index contributed by atoms with van der Waals surface area (Å²) in [5.74, 6) is 0.0934. The molecule has 0 amide bonds. The Morgan fingerprint density at radius 1 is 1.29 bits per heavy atom. The molecule has 0 aliphatic carbocycles. The van der Waals surface area contributed by atoms with E-state index in [1.807, 2.05) is 12.1 Å². The van der Waals surface area contributed by atoms with Crippen molar-refractivity contribution >= 4 is 29.0 Å². The van der Waals surface area contributed by atoms with Crippen molar-refractivity contribution in [3.8, 4) is 11.3 Å². The number of carbonyl (C=O) groups excluding carboxylic acids is 1. The lowest BCUT2D eigenvalue weighted by atomic mass is 10.1. The van der Waals surface area contributed by atoms with E-state index in [4.69, 9.17) is 22.1 Å². The molecule has 0 bridgehead atoms. The number of hydrogen-bond acceptors (Lipinski definition) is 4. The minimum atomic E-state index is -0.410. The van der Waals surface area contributed by atoms with Crippen molar-refractivity contribution in [2.24, 2.45) is 0 Å². The molecule has 2 N–H and O–H groups in total. The number of hydrogen-bond donors (Lipinski definition) is 1. The molecule has 0 saturated carbocycles. The van der Waals surface area contributed by atoms with Crippen LogP contribution in [0.25, 0.3) is 16.9 Å². The molecule has 3 aromatic rings. The lowest BCUT2D eigenvalue weighted by Gasteiger charge is -2.01. The van der Waals surface area contributed by atoms with Crippen molar-refractivity contribution in [1.82, 2.24) is 9.38 Å². The highest BCUT2D eigenvalue weighted by Crippen LogP contribution is 2.27. The van der Waals surface area contributed by atoms with Crippen LogP contribution in [-0.4, -0.2) is 22.5 Å². The number of halogens is 1. The van der Waals surface area contributed by atoms with Gasteiger partial charge in [0.25, 0.3) is 0 Å². The van der Waals surface area contributed by atoms with Crippen LogP contribution in [0.2, 0.25) is 5.02 Å². The summed E-state index contributed by atoms with van der Waals surface area (Å²) in [7, 11) is 1.34. The second kappa shape index (κ2) is 5.10. The number of esters is 1. The van der Waals surface area contributed by atoms with Crippen molar-refractivity contribution in [1.29, 1.82) is 0 Å². The quantitative estimate of drug-likeness (QED) is 0.739. The number of anilines is 1. The van der Waals surface area contributed by atoms with E-state index < -0.39 is 5.97 Å². The SMILES string of the molecule is COC(=O)c1ccn2c(N)c(-c3ccc(Cl)cc3)nc2c1. The maximum Gasteiger partial charge on any atom is 0.338 e. The minimum Gasteiger partial charge on any atom is -0.465 e. The lowest BCUT2D eigenvalue weighted by molar-refractivity contribution is 0.0600. The summed E-state index contributed by atoms with van der Waals surface area (Å²) in [6, 6.07) is 10.5. The number of methoxy groups -OCH3 is 1. The van der Waals surface area contributed by atoms with Crippen LogP contribution in [0.15, 0.2) is 42.6 Å². The molecule has 0 atom stereocenters. The number of imidazole rings is 1. The second-order valence-corrected chi connectivity index (χ2v) is 4.92. The molecule has 1 aromatic carbocycles. The van der Waals surface area contributed by atoms with Gasteiger partial charge in [0.15, 0.2) is 0 Å². The molecular formula is C15H12ClN3O2. The Bertz CT molecular complexity index is 825. The molecule has 0 aliphatic heterocycles. The van der Waals surface area contributed by atoms with E-state index in [0.29, 0.717) is 27.7 Å². The number of benzene rings is 1. The van der Waals surface area contributed by atoms with Gasteiger partial charge in [-0.25, -0.2) is 9.78 Å². The molecular weight excluding hydrogens is 290 g/mol. The van der Waals surface area contributed by atoms with Crippen LogP contribution < -0.4 is 5.73 Å². The number of nitrogens with zero attached hydrogens (tertiary/aromatic N) is 2. The summed E-state index contributed by atoms with van der Waals surface area (Å²) >= 11 is 5.88. The van der Waals surface area contributed by atoms with Crippen LogP contribution in [0.4, 0.5) is 5.82 Å². The highest BCUT2D eigenvalue weighted by atomic mass is 35.5. The third kappa shape index (κ3) is 2.32. The second-order valence-electron chi connectivity index (χ2n) is 4.49. The fraction of sp³-hybridized carbons (Fsp3) is 0.0667. The summed E-state index contributed by atoms with van der Waals surface area (Å²) in [5.41, 5.74) is 8.64. The van der Waals surface area contributed by atoms with Crippen molar-refractivity contribution in [2.45, 2.75) is 0 Å². The maximum atomic E-state index is 11.6. The normalized spacial score (nSPS) is 10.8. The standard InChI is InChI=1S/C15H12ClN3O2/c1-21-15(20)10-6-7-19-12(8-10)18-13(14(19)17)9-2-4-11(16)5-3-9/h2-8H,17H2,1H3. The Morgan fingerprint density at radius 3 is 2.67 bits per heavy atom. The van der Waals surface area contributed by atoms with Crippen molar-refractivity contribution < 1.29 is 9.53 Å². The molecule has 5 nitrogen and oxygen atoms in total. The molecule has 21 heavy (non-hydrogen) atoms. The van der Waals surface area contributed by atoms with Gasteiger partial charge in [0.1, 0.15) is 17.2 Å². The predicted molar refractivity (Wildman–Crippen MR) is 81.4 cm³/mol. The van der Waals surface area contributed by atoms with E-state index in [9.17, 15) is 4.79 Å². The van der Waals surface area contributed by atoms with E-state index in [2.05, 4.69) is 4.98 Å². The van der Waals surface area contributed by atoms with Gasteiger partial charge < -0.3 is 10.5 Å². The largest absolute Gasteiger partial charge is 0.465 e. The topological polar surface area (TPSA) is 69.6 Å². The van der Waals surface area contributed by atoms with Gasteiger partial charge in [0, 0.05) is 16.8 Å². The zero-order chi connectivity index (χ0) is 15.0. The Labute approximate surface area is 125 Å². The van der Waals surface area contributed by atoms with Gasteiger partial charge in [-0.2, -0.15) is 0 Å². The maximum absolute atomic E-state index is 11.6. The fourth-order valence-electron chi connectivity index (χ4n) is 2.13. The average Bonchev–Trinajstić information content (AvgIpc) is 2.84. The molecule has 0 spiro atoms. The van der Waals surface area contributed by atoms with Gasteiger partial charge in [0.2, 0.25) is 0 Å². The molecule has 0 saturated heterocycles. The molecule has 2 aromatic heterocycles. The van der Waals surface area contributed by atoms with E-state index >= 15 is 0 Å². The summed E-state index contributed by atoms with van der Waals surface area (Å²) in [6.45, 7) is 0. The zero-order valence-electron chi connectivity index (χ0n) is 11.2. The first kappa shape index (κ1) is 13.5. The Hall–Kier alpha value is -2.53. The molecule has 0 aliphatic rings. The molecule has 6 heteroatoms. The van der Waals surface area contributed by atoms with Crippen molar-refractivity contribution in [3.05, 3.63) is 53.2 Å². The molecule has 0 fully saturated rings. The van der Waals surface area contributed by atoms with Gasteiger partial charge in [-0.15, -0.1) is 0 Å². The number of rotatable bonds is 2. The number of carbonyl (C=O) groups is 1. The molecule has 106 valence electrons. The van der Waals surface area contributed by atoms with Crippen LogP contribution in [0, 0.1) is 0 Å². The summed E-state index contributed by atoms with van der Waals surface area (Å²) < 4.78 is 6.42. The van der Waals surface area contributed by atoms with Crippen LogP contribution in [-0.2, 0) is 4.74 Å². The van der Waals surface area contributed by atoms with Gasteiger partial charge >= 0.3 is 5.97 Å². The highest BCUT2D eigenvalue weighted by Gasteiger charge is 2.13.